The van der Waals surface area contributed by atoms with Crippen LogP contribution in [-0.2, 0) is 16.2 Å². The van der Waals surface area contributed by atoms with Gasteiger partial charge < -0.3 is 0 Å². The lowest BCUT2D eigenvalue weighted by atomic mass is 10.7. The number of hydrogen-bond donors (Lipinski definition) is 1. The molecule has 0 unspecified atom stereocenters. The van der Waals surface area contributed by atoms with E-state index in [0.717, 1.165) is 8.79 Å². The quantitative estimate of drug-likeness (QED) is 0.827. The Labute approximate surface area is 82.0 Å². The predicted molar refractivity (Wildman–Crippen MR) is 48.4 cm³/mol. The van der Waals surface area contributed by atoms with E-state index in [-0.39, 0.29) is 5.91 Å². The molecule has 12 heavy (non-hydrogen) atoms. The second-order valence-electron chi connectivity index (χ2n) is 2.01. The number of thiazole rings is 1. The van der Waals surface area contributed by atoms with Gasteiger partial charge in [0, 0.05) is 6.92 Å². The van der Waals surface area contributed by atoms with Crippen LogP contribution in [0.3, 0.4) is 0 Å². The number of hydrogen-bond acceptors (Lipinski definition) is 4. The lowest BCUT2D eigenvalue weighted by molar-refractivity contribution is -0.132. The highest BCUT2D eigenvalue weighted by molar-refractivity contribution is 9.11. The van der Waals surface area contributed by atoms with Crippen LogP contribution in [0.5, 0.6) is 0 Å². The van der Waals surface area contributed by atoms with Gasteiger partial charge in [-0.15, -0.1) is 11.3 Å². The molecule has 1 amide bonds. The monoisotopic (exact) mass is 250 g/mol. The summed E-state index contributed by atoms with van der Waals surface area (Å²) in [5.41, 5.74) is 2.22. The lowest BCUT2D eigenvalue weighted by Crippen LogP contribution is -2.19. The Morgan fingerprint density at radius 2 is 2.67 bits per heavy atom. The summed E-state index contributed by atoms with van der Waals surface area (Å²) in [6, 6.07) is 0. The smallest absolute Gasteiger partial charge is 0.240 e. The van der Waals surface area contributed by atoms with Crippen molar-refractivity contribution in [3.63, 3.8) is 0 Å². The van der Waals surface area contributed by atoms with Gasteiger partial charge in [-0.2, -0.15) is 0 Å². The fourth-order valence-electron chi connectivity index (χ4n) is 0.554. The van der Waals surface area contributed by atoms with Crippen molar-refractivity contribution in [2.24, 2.45) is 0 Å². The van der Waals surface area contributed by atoms with E-state index in [1.807, 2.05) is 0 Å². The van der Waals surface area contributed by atoms with Crippen LogP contribution in [0, 0.1) is 0 Å². The molecule has 4 nitrogen and oxygen atoms in total. The summed E-state index contributed by atoms with van der Waals surface area (Å²) < 4.78 is 0.948. The summed E-state index contributed by atoms with van der Waals surface area (Å²) in [5, 5.41) is 0.815. The third-order valence-electron chi connectivity index (χ3n) is 0.937. The van der Waals surface area contributed by atoms with Gasteiger partial charge in [0.25, 0.3) is 0 Å². The van der Waals surface area contributed by atoms with E-state index < -0.39 is 0 Å². The van der Waals surface area contributed by atoms with E-state index in [1.54, 1.807) is 6.20 Å². The molecule has 0 radical (unpaired) electrons. The number of carbonyl (C=O) groups excluding carboxylic acids is 1. The van der Waals surface area contributed by atoms with Crippen LogP contribution in [0.4, 0.5) is 0 Å². The molecule has 66 valence electrons. The molecular formula is C6H7BrN2O2S. The van der Waals surface area contributed by atoms with E-state index in [2.05, 4.69) is 26.4 Å². The summed E-state index contributed by atoms with van der Waals surface area (Å²) in [4.78, 5) is 19.2. The first-order valence-corrected chi connectivity index (χ1v) is 4.78. The Balaban J connectivity index is 2.29. The fraction of sp³-hybridized carbons (Fsp3) is 0.333. The molecule has 0 saturated carbocycles. The summed E-state index contributed by atoms with van der Waals surface area (Å²) >= 11 is 4.73. The van der Waals surface area contributed by atoms with Crippen LogP contribution in [0.15, 0.2) is 9.98 Å². The number of aromatic nitrogens is 1. The molecule has 1 aromatic heterocycles. The van der Waals surface area contributed by atoms with Gasteiger partial charge in [-0.25, -0.2) is 10.5 Å². The molecule has 0 saturated heterocycles. The Bertz CT molecular complexity index is 276. The summed E-state index contributed by atoms with van der Waals surface area (Å²) in [5.74, 6) is -0.217. The minimum absolute atomic E-state index is 0.217. The van der Waals surface area contributed by atoms with Crippen LogP contribution in [0.2, 0.25) is 0 Å². The van der Waals surface area contributed by atoms with Crippen molar-refractivity contribution in [2.45, 2.75) is 13.5 Å². The van der Waals surface area contributed by atoms with E-state index >= 15 is 0 Å². The van der Waals surface area contributed by atoms with Crippen molar-refractivity contribution in [1.29, 1.82) is 0 Å². The molecule has 0 aliphatic carbocycles. The molecule has 0 fully saturated rings. The van der Waals surface area contributed by atoms with Gasteiger partial charge in [-0.05, 0) is 15.9 Å². The highest BCUT2D eigenvalue weighted by atomic mass is 79.9. The van der Waals surface area contributed by atoms with Crippen molar-refractivity contribution in [2.75, 3.05) is 0 Å². The molecule has 1 N–H and O–H groups in total. The standard InChI is InChI=1S/C6H7BrN2O2S/c1-4(10)9-11-3-6-8-2-5(7)12-6/h2H,3H2,1H3,(H,9,10). The number of carbonyl (C=O) groups is 1. The third kappa shape index (κ3) is 3.29. The topological polar surface area (TPSA) is 51.2 Å². The van der Waals surface area contributed by atoms with Gasteiger partial charge >= 0.3 is 0 Å². The van der Waals surface area contributed by atoms with Gasteiger partial charge in [0.1, 0.15) is 11.6 Å². The molecule has 0 aliphatic rings. The van der Waals surface area contributed by atoms with Crippen molar-refractivity contribution in [3.8, 4) is 0 Å². The summed E-state index contributed by atoms with van der Waals surface area (Å²) in [7, 11) is 0. The zero-order valence-electron chi connectivity index (χ0n) is 6.33. The van der Waals surface area contributed by atoms with Gasteiger partial charge in [0.15, 0.2) is 0 Å². The van der Waals surface area contributed by atoms with Crippen LogP contribution in [0.25, 0.3) is 0 Å². The Morgan fingerprint density at radius 3 is 3.17 bits per heavy atom. The van der Waals surface area contributed by atoms with E-state index in [0.29, 0.717) is 6.61 Å². The van der Waals surface area contributed by atoms with Crippen molar-refractivity contribution < 1.29 is 9.63 Å². The maximum absolute atomic E-state index is 10.4. The Hall–Kier alpha value is -0.460. The summed E-state index contributed by atoms with van der Waals surface area (Å²) in [6.45, 7) is 1.69. The Kier molecular flexibility index (Phi) is 3.64. The fourth-order valence-corrected chi connectivity index (χ4v) is 1.77. The number of nitrogens with one attached hydrogen (secondary N) is 1. The van der Waals surface area contributed by atoms with Crippen molar-refractivity contribution in [1.82, 2.24) is 10.5 Å². The molecule has 1 rings (SSSR count). The van der Waals surface area contributed by atoms with Crippen LogP contribution in [-0.4, -0.2) is 10.9 Å². The number of nitrogens with zero attached hydrogens (tertiary/aromatic N) is 1. The largest absolute Gasteiger partial charge is 0.273 e. The van der Waals surface area contributed by atoms with E-state index in [9.17, 15) is 4.79 Å². The molecule has 6 heteroatoms. The SMILES string of the molecule is CC(=O)NOCc1ncc(Br)s1. The number of rotatable bonds is 3. The van der Waals surface area contributed by atoms with Crippen molar-refractivity contribution in [3.05, 3.63) is 15.0 Å². The van der Waals surface area contributed by atoms with E-state index in [4.69, 9.17) is 4.84 Å². The molecule has 1 aromatic rings. The highest BCUT2D eigenvalue weighted by Crippen LogP contribution is 2.19. The minimum Gasteiger partial charge on any atom is -0.273 e. The average Bonchev–Trinajstić information content (AvgIpc) is 2.35. The maximum atomic E-state index is 10.4. The second kappa shape index (κ2) is 4.54. The lowest BCUT2D eigenvalue weighted by Gasteiger charge is -1.98. The van der Waals surface area contributed by atoms with Gasteiger partial charge in [-0.3, -0.25) is 9.63 Å². The van der Waals surface area contributed by atoms with Gasteiger partial charge in [-0.1, -0.05) is 0 Å². The zero-order chi connectivity index (χ0) is 8.97. The van der Waals surface area contributed by atoms with Crippen molar-refractivity contribution >= 4 is 33.2 Å². The maximum Gasteiger partial charge on any atom is 0.240 e. The molecular weight excluding hydrogens is 244 g/mol. The molecule has 0 atom stereocenters. The molecule has 1 heterocycles. The normalized spacial score (nSPS) is 9.83. The number of hydroxylamine groups is 1. The number of amides is 1. The first-order valence-electron chi connectivity index (χ1n) is 3.17. The van der Waals surface area contributed by atoms with E-state index in [1.165, 1.54) is 18.3 Å². The predicted octanol–water partition coefficient (Wildman–Crippen LogP) is 1.47. The third-order valence-corrected chi connectivity index (χ3v) is 2.39. The Morgan fingerprint density at radius 1 is 1.92 bits per heavy atom. The number of halogens is 1. The minimum atomic E-state index is -0.217. The van der Waals surface area contributed by atoms with Crippen LogP contribution >= 0.6 is 27.3 Å². The second-order valence-corrected chi connectivity index (χ2v) is 4.50. The van der Waals surface area contributed by atoms with Gasteiger partial charge in [0.05, 0.1) is 9.98 Å². The molecule has 0 spiro atoms. The average molecular weight is 251 g/mol. The van der Waals surface area contributed by atoms with Gasteiger partial charge in [0.2, 0.25) is 5.91 Å². The first-order chi connectivity index (χ1) is 5.68. The van der Waals surface area contributed by atoms with Crippen LogP contribution < -0.4 is 5.48 Å². The molecule has 0 aromatic carbocycles. The molecule has 0 aliphatic heterocycles. The first kappa shape index (κ1) is 9.63. The molecule has 0 bridgehead atoms. The van der Waals surface area contributed by atoms with Crippen LogP contribution in [0.1, 0.15) is 11.9 Å². The summed E-state index contributed by atoms with van der Waals surface area (Å²) in [6.07, 6.45) is 1.69. The highest BCUT2D eigenvalue weighted by Gasteiger charge is 1.99. The zero-order valence-corrected chi connectivity index (χ0v) is 8.74.